The average molecular weight is 860 g/mol. The Labute approximate surface area is 307 Å². The molecule has 46 heavy (non-hydrogen) atoms. The Bertz CT molecular complexity index is 1710. The Balaban J connectivity index is 0.00000372. The van der Waals surface area contributed by atoms with Crippen LogP contribution in [0.5, 0.6) is 23.0 Å². The molecule has 8 rings (SSSR count). The van der Waals surface area contributed by atoms with Crippen LogP contribution in [0.3, 0.4) is 0 Å². The molecule has 6 heterocycles. The van der Waals surface area contributed by atoms with Gasteiger partial charge in [-0.05, 0) is 63.9 Å². The fourth-order valence-corrected chi connectivity index (χ4v) is 9.55. The third-order valence-corrected chi connectivity index (χ3v) is 11.6. The number of carbonyl (C=O) groups excluding carboxylic acids is 2. The number of hydrogen-bond donors (Lipinski definition) is 3. The van der Waals surface area contributed by atoms with Crippen molar-refractivity contribution in [1.82, 2.24) is 15.1 Å². The van der Waals surface area contributed by atoms with Crippen LogP contribution >= 0.6 is 11.8 Å². The van der Waals surface area contributed by atoms with Gasteiger partial charge in [0.2, 0.25) is 12.7 Å². The zero-order chi connectivity index (χ0) is 31.9. The van der Waals surface area contributed by atoms with Crippen LogP contribution in [0.1, 0.15) is 63.2 Å². The quantitative estimate of drug-likeness (QED) is 0.302. The Hall–Kier alpha value is -2.48. The first-order valence-corrected chi connectivity index (χ1v) is 16.2. The number of aromatic hydroxyl groups is 2. The number of ether oxygens (including phenoxy) is 3. The number of amides is 1. The maximum absolute atomic E-state index is 13.4. The zero-order valence-corrected chi connectivity index (χ0v) is 31.9. The fraction of sp³-hybridized carbons (Fsp3) is 0.485. The van der Waals surface area contributed by atoms with Gasteiger partial charge < -0.3 is 29.7 Å². The Morgan fingerprint density at radius 3 is 2.54 bits per heavy atom. The standard InChI is InChI=1S/C33H36N4O7S.Ac/c1-6-7-22(38)35-18-12-45-32-25-24(31-30(43-13-44-31)16(4)29(25)40)21(11-42-33(18)41)37-20(10-34)19-9-17-8-14(2)15(3)28(39)23(17)26(27(32)37)36(19)5;/h6-8,18-21,26-27,32,39-40H,9,11-13H2,1-5H3,(H,35,38);/b7-6+;/t18-,19-,20-,21+,26+,27?,32+;/m0./s1. The maximum atomic E-state index is 13.4. The third-order valence-electron chi connectivity index (χ3n) is 10.2. The van der Waals surface area contributed by atoms with Crippen LogP contribution in [0.4, 0.5) is 0 Å². The summed E-state index contributed by atoms with van der Waals surface area (Å²) in [5.41, 5.74) is 5.45. The number of hydrogen-bond acceptors (Lipinski definition) is 11. The molecule has 2 saturated heterocycles. The van der Waals surface area contributed by atoms with Crippen molar-refractivity contribution in [3.63, 3.8) is 0 Å². The van der Waals surface area contributed by atoms with E-state index >= 15 is 0 Å². The van der Waals surface area contributed by atoms with Crippen LogP contribution in [0.15, 0.2) is 18.2 Å². The summed E-state index contributed by atoms with van der Waals surface area (Å²) in [5, 5.41) is 36.7. The number of rotatable bonds is 2. The van der Waals surface area contributed by atoms with E-state index in [9.17, 15) is 25.1 Å². The van der Waals surface area contributed by atoms with Gasteiger partial charge in [-0.25, -0.2) is 4.79 Å². The fourth-order valence-electron chi connectivity index (χ4n) is 8.04. The summed E-state index contributed by atoms with van der Waals surface area (Å²) < 4.78 is 17.8. The van der Waals surface area contributed by atoms with Crippen LogP contribution in [0, 0.1) is 76.2 Å². The molecule has 2 fully saturated rings. The van der Waals surface area contributed by atoms with Gasteiger partial charge in [-0.1, -0.05) is 12.1 Å². The monoisotopic (exact) mass is 859 g/mol. The second-order valence-electron chi connectivity index (χ2n) is 12.5. The molecule has 7 atom stereocenters. The number of phenols is 2. The van der Waals surface area contributed by atoms with Crippen LogP contribution in [-0.2, 0) is 20.7 Å². The molecule has 11 nitrogen and oxygen atoms in total. The van der Waals surface area contributed by atoms with Crippen molar-refractivity contribution in [1.29, 1.82) is 5.26 Å². The van der Waals surface area contributed by atoms with Gasteiger partial charge in [-0.15, -0.1) is 11.8 Å². The minimum Gasteiger partial charge on any atom is -0.507 e. The first-order chi connectivity index (χ1) is 21.6. The number of nitrogens with zero attached hydrogens (tertiary/aromatic N) is 3. The predicted octanol–water partition coefficient (Wildman–Crippen LogP) is 3.37. The molecule has 1 radical (unpaired) electrons. The summed E-state index contributed by atoms with van der Waals surface area (Å²) in [6.45, 7) is 7.24. The van der Waals surface area contributed by atoms with E-state index in [0.29, 0.717) is 34.6 Å². The summed E-state index contributed by atoms with van der Waals surface area (Å²) in [4.78, 5) is 30.3. The molecular weight excluding hydrogens is 823 g/mol. The Kier molecular flexibility index (Phi) is 9.10. The Morgan fingerprint density at radius 2 is 1.83 bits per heavy atom. The first kappa shape index (κ1) is 33.4. The molecule has 13 heteroatoms. The van der Waals surface area contributed by atoms with Crippen molar-refractivity contribution in [2.75, 3.05) is 26.2 Å². The van der Waals surface area contributed by atoms with Crippen molar-refractivity contribution in [3.05, 3.63) is 57.2 Å². The summed E-state index contributed by atoms with van der Waals surface area (Å²) in [5.74, 6) is 0.395. The molecule has 3 N–H and O–H groups in total. The number of carbonyl (C=O) groups is 2. The molecule has 0 aliphatic carbocycles. The molecule has 1 unspecified atom stereocenters. The van der Waals surface area contributed by atoms with Gasteiger partial charge in [0.25, 0.3) is 0 Å². The van der Waals surface area contributed by atoms with E-state index in [-0.39, 0.29) is 86.8 Å². The number of allylic oxidation sites excluding steroid dienone is 1. The van der Waals surface area contributed by atoms with E-state index in [1.807, 2.05) is 20.9 Å². The van der Waals surface area contributed by atoms with E-state index in [1.54, 1.807) is 19.9 Å². The van der Waals surface area contributed by atoms with E-state index in [2.05, 4.69) is 27.3 Å². The predicted molar refractivity (Wildman–Crippen MR) is 165 cm³/mol. The topological polar surface area (TPSA) is 145 Å². The summed E-state index contributed by atoms with van der Waals surface area (Å²) in [7, 11) is 2.00. The second kappa shape index (κ2) is 12.5. The average Bonchev–Trinajstić information content (AvgIpc) is 3.50. The molecule has 2 aromatic rings. The molecule has 1 amide bonds. The summed E-state index contributed by atoms with van der Waals surface area (Å²) in [6, 6.07) is 1.49. The van der Waals surface area contributed by atoms with Crippen molar-refractivity contribution < 1.29 is 78.1 Å². The van der Waals surface area contributed by atoms with Gasteiger partial charge in [0, 0.05) is 84.2 Å². The summed E-state index contributed by atoms with van der Waals surface area (Å²) in [6.07, 6.45) is 3.52. The molecule has 6 aliphatic rings. The van der Waals surface area contributed by atoms with Gasteiger partial charge in [-0.3, -0.25) is 14.6 Å². The van der Waals surface area contributed by atoms with E-state index in [1.165, 1.54) is 17.8 Å². The molecule has 4 bridgehead atoms. The van der Waals surface area contributed by atoms with Crippen LogP contribution in [0.25, 0.3) is 0 Å². The Morgan fingerprint density at radius 1 is 1.11 bits per heavy atom. The number of thioether (sulfide) groups is 1. The van der Waals surface area contributed by atoms with Gasteiger partial charge >= 0.3 is 5.97 Å². The number of phenolic OH excluding ortho intramolecular Hbond substituents is 2. The SMILES string of the molecule is C/C=C/C(=O)N[C@H]1CS[C@@H]2c3c(O)c(C)c4c(c3[C@@H](COC1=O)N1C2[C@H]2c3c(cc(C)c(C)c3O)C[C@@H]([C@@H]1C#N)N2C)OCO4.[Ac]. The van der Waals surface area contributed by atoms with Crippen LogP contribution < -0.4 is 14.8 Å². The molecule has 239 valence electrons. The van der Waals surface area contributed by atoms with Gasteiger partial charge in [0.1, 0.15) is 30.2 Å². The van der Waals surface area contributed by atoms with E-state index < -0.39 is 41.3 Å². The van der Waals surface area contributed by atoms with Gasteiger partial charge in [0.05, 0.1) is 23.4 Å². The number of fused-ring (bicyclic) bond motifs is 10. The summed E-state index contributed by atoms with van der Waals surface area (Å²) >= 11 is 1.42. The minimum absolute atomic E-state index is 0. The van der Waals surface area contributed by atoms with Gasteiger partial charge in [-0.2, -0.15) is 5.26 Å². The number of aryl methyl sites for hydroxylation is 1. The van der Waals surface area contributed by atoms with Crippen molar-refractivity contribution in [2.45, 2.75) is 75.6 Å². The molecule has 2 aromatic carbocycles. The molecule has 0 saturated carbocycles. The smallest absolute Gasteiger partial charge is 0.329 e. The van der Waals surface area contributed by atoms with Crippen molar-refractivity contribution in [3.8, 4) is 29.1 Å². The molecule has 0 spiro atoms. The number of piperazine rings is 1. The van der Waals surface area contributed by atoms with Crippen molar-refractivity contribution in [2.24, 2.45) is 0 Å². The van der Waals surface area contributed by atoms with E-state index in [4.69, 9.17) is 14.2 Å². The molecule has 6 aliphatic heterocycles. The normalized spacial score (nSPS) is 29.6. The zero-order valence-electron chi connectivity index (χ0n) is 26.4. The van der Waals surface area contributed by atoms with Crippen molar-refractivity contribution >= 4 is 23.6 Å². The minimum atomic E-state index is -0.940. The number of benzene rings is 2. The van der Waals surface area contributed by atoms with Gasteiger partial charge in [0.15, 0.2) is 11.5 Å². The molecule has 0 aromatic heterocycles. The van der Waals surface area contributed by atoms with E-state index in [0.717, 1.165) is 22.3 Å². The second-order valence-corrected chi connectivity index (χ2v) is 13.6. The number of nitrogens with one attached hydrogen (secondary N) is 1. The third kappa shape index (κ3) is 4.85. The van der Waals surface area contributed by atoms with Crippen LogP contribution in [-0.4, -0.2) is 82.3 Å². The number of esters is 1. The first-order valence-electron chi connectivity index (χ1n) is 15.2. The van der Waals surface area contributed by atoms with Crippen LogP contribution in [0.2, 0.25) is 0 Å². The largest absolute Gasteiger partial charge is 0.507 e. The molecular formula is C33H36AcN4O7S. The number of likely N-dealkylation sites (N-methyl/N-ethyl adjacent to an activating group) is 1. The maximum Gasteiger partial charge on any atom is 0.329 e. The number of nitriles is 1.